The maximum absolute atomic E-state index is 13.2. The highest BCUT2D eigenvalue weighted by Gasteiger charge is 2.16. The molecule has 1 aromatic rings. The number of thiocarbonyl (C=S) groups is 1. The zero-order chi connectivity index (χ0) is 12.3. The Balaban J connectivity index is 3.21. The lowest BCUT2D eigenvalue weighted by atomic mass is 10.2. The van der Waals surface area contributed by atoms with Crippen molar-refractivity contribution in [2.45, 2.75) is 0 Å². The summed E-state index contributed by atoms with van der Waals surface area (Å²) in [6, 6.07) is 1.49. The van der Waals surface area contributed by atoms with Gasteiger partial charge in [-0.05, 0) is 18.3 Å². The highest BCUT2D eigenvalue weighted by atomic mass is 32.1. The van der Waals surface area contributed by atoms with E-state index in [1.54, 1.807) is 0 Å². The topological polar surface area (TPSA) is 64.3 Å². The largest absolute Gasteiger partial charge is 0.465 e. The molecule has 0 amide bonds. The molecule has 7 heteroatoms. The molecule has 3 N–H and O–H groups in total. The standard InChI is InChI=1S/C9H8F2N2O2S/c1-15-8(14)4-2-7(13-9(12)16)6(11)3-5(4)10/h2-3H,1H3,(H3,12,13,16). The third-order valence-electron chi connectivity index (χ3n) is 1.72. The summed E-state index contributed by atoms with van der Waals surface area (Å²) >= 11 is 4.50. The van der Waals surface area contributed by atoms with Crippen LogP contribution in [0.1, 0.15) is 10.4 Å². The fourth-order valence-electron chi connectivity index (χ4n) is 1.04. The van der Waals surface area contributed by atoms with Gasteiger partial charge < -0.3 is 15.8 Å². The summed E-state index contributed by atoms with van der Waals surface area (Å²) in [7, 11) is 1.09. The molecular weight excluding hydrogens is 238 g/mol. The third-order valence-corrected chi connectivity index (χ3v) is 1.82. The van der Waals surface area contributed by atoms with E-state index >= 15 is 0 Å². The van der Waals surface area contributed by atoms with Crippen LogP contribution < -0.4 is 11.1 Å². The first-order valence-corrected chi connectivity index (χ1v) is 4.50. The summed E-state index contributed by atoms with van der Waals surface area (Å²) in [6.07, 6.45) is 0. The average molecular weight is 246 g/mol. The summed E-state index contributed by atoms with van der Waals surface area (Å²) < 4.78 is 30.7. The number of hydrogen-bond donors (Lipinski definition) is 2. The van der Waals surface area contributed by atoms with Crippen LogP contribution >= 0.6 is 12.2 Å². The number of anilines is 1. The van der Waals surface area contributed by atoms with Crippen LogP contribution in [0.2, 0.25) is 0 Å². The van der Waals surface area contributed by atoms with Crippen molar-refractivity contribution < 1.29 is 18.3 Å². The second-order valence-corrected chi connectivity index (χ2v) is 3.23. The number of carbonyl (C=O) groups excluding carboxylic acids is 1. The van der Waals surface area contributed by atoms with Gasteiger partial charge >= 0.3 is 5.97 Å². The van der Waals surface area contributed by atoms with E-state index in [0.29, 0.717) is 6.07 Å². The summed E-state index contributed by atoms with van der Waals surface area (Å²) in [4.78, 5) is 11.1. The maximum atomic E-state index is 13.2. The number of carbonyl (C=O) groups is 1. The summed E-state index contributed by atoms with van der Waals surface area (Å²) in [5.74, 6) is -2.83. The van der Waals surface area contributed by atoms with Gasteiger partial charge in [-0.15, -0.1) is 0 Å². The smallest absolute Gasteiger partial charge is 0.340 e. The Bertz CT molecular complexity index is 451. The van der Waals surface area contributed by atoms with E-state index in [1.165, 1.54) is 0 Å². The Morgan fingerprint density at radius 3 is 2.56 bits per heavy atom. The molecule has 0 aliphatic heterocycles. The first-order valence-electron chi connectivity index (χ1n) is 4.09. The Kier molecular flexibility index (Phi) is 3.73. The number of hydrogen-bond acceptors (Lipinski definition) is 3. The molecule has 0 saturated carbocycles. The fourth-order valence-corrected chi connectivity index (χ4v) is 1.15. The van der Waals surface area contributed by atoms with Crippen molar-refractivity contribution >= 4 is 29.0 Å². The third kappa shape index (κ3) is 2.63. The first-order chi connectivity index (χ1) is 7.45. The predicted octanol–water partition coefficient (Wildman–Crippen LogP) is 1.41. The molecule has 0 heterocycles. The zero-order valence-corrected chi connectivity index (χ0v) is 9.03. The molecule has 0 saturated heterocycles. The van der Waals surface area contributed by atoms with Crippen molar-refractivity contribution in [3.05, 3.63) is 29.3 Å². The normalized spacial score (nSPS) is 9.69. The number of nitrogens with two attached hydrogens (primary N) is 1. The van der Waals surface area contributed by atoms with Crippen LogP contribution in [0.4, 0.5) is 14.5 Å². The SMILES string of the molecule is COC(=O)c1cc(NC(N)=S)c(F)cc1F. The predicted molar refractivity (Wildman–Crippen MR) is 58.1 cm³/mol. The van der Waals surface area contributed by atoms with Crippen molar-refractivity contribution in [2.75, 3.05) is 12.4 Å². The minimum Gasteiger partial charge on any atom is -0.465 e. The molecule has 0 radical (unpaired) electrons. The molecule has 1 rings (SSSR count). The lowest BCUT2D eigenvalue weighted by Gasteiger charge is -2.08. The highest BCUT2D eigenvalue weighted by Crippen LogP contribution is 2.20. The Morgan fingerprint density at radius 1 is 1.44 bits per heavy atom. The van der Waals surface area contributed by atoms with Crippen molar-refractivity contribution in [2.24, 2.45) is 5.73 Å². The zero-order valence-electron chi connectivity index (χ0n) is 8.21. The van der Waals surface area contributed by atoms with Crippen LogP contribution in [0, 0.1) is 11.6 Å². The van der Waals surface area contributed by atoms with Gasteiger partial charge in [0.05, 0.1) is 18.4 Å². The van der Waals surface area contributed by atoms with Crippen molar-refractivity contribution in [3.8, 4) is 0 Å². The Morgan fingerprint density at radius 2 is 2.06 bits per heavy atom. The molecule has 0 fully saturated rings. The van der Waals surface area contributed by atoms with Crippen molar-refractivity contribution in [3.63, 3.8) is 0 Å². The van der Waals surface area contributed by atoms with E-state index in [2.05, 4.69) is 22.3 Å². The van der Waals surface area contributed by atoms with Gasteiger partial charge in [-0.25, -0.2) is 13.6 Å². The van der Waals surface area contributed by atoms with Crippen LogP contribution in [0.15, 0.2) is 12.1 Å². The van der Waals surface area contributed by atoms with Crippen LogP contribution in [0.3, 0.4) is 0 Å². The van der Waals surface area contributed by atoms with Gasteiger partial charge in [0.2, 0.25) is 0 Å². The first kappa shape index (κ1) is 12.3. The van der Waals surface area contributed by atoms with Gasteiger partial charge in [0.25, 0.3) is 0 Å². The van der Waals surface area contributed by atoms with Crippen molar-refractivity contribution in [1.82, 2.24) is 0 Å². The molecule has 86 valence electrons. The molecular formula is C9H8F2N2O2S. The van der Waals surface area contributed by atoms with E-state index in [9.17, 15) is 13.6 Å². The molecule has 0 unspecified atom stereocenters. The molecule has 0 aliphatic carbocycles. The van der Waals surface area contributed by atoms with E-state index in [4.69, 9.17) is 5.73 Å². The number of rotatable bonds is 2. The number of ether oxygens (including phenoxy) is 1. The van der Waals surface area contributed by atoms with E-state index in [0.717, 1.165) is 13.2 Å². The molecule has 4 nitrogen and oxygen atoms in total. The molecule has 16 heavy (non-hydrogen) atoms. The van der Waals surface area contributed by atoms with E-state index in [1.807, 2.05) is 0 Å². The van der Waals surface area contributed by atoms with Crippen LogP contribution in [0.5, 0.6) is 0 Å². The molecule has 1 aromatic carbocycles. The van der Waals surface area contributed by atoms with Crippen LogP contribution in [0.25, 0.3) is 0 Å². The maximum Gasteiger partial charge on any atom is 0.340 e. The van der Waals surface area contributed by atoms with Crippen molar-refractivity contribution in [1.29, 1.82) is 0 Å². The summed E-state index contributed by atoms with van der Waals surface area (Å²) in [5, 5.41) is 2.09. The second kappa shape index (κ2) is 4.84. The van der Waals surface area contributed by atoms with Crippen LogP contribution in [-0.2, 0) is 4.74 Å². The number of methoxy groups -OCH3 is 1. The van der Waals surface area contributed by atoms with Gasteiger partial charge in [-0.1, -0.05) is 0 Å². The van der Waals surface area contributed by atoms with Gasteiger partial charge in [0, 0.05) is 6.07 Å². The fraction of sp³-hybridized carbons (Fsp3) is 0.111. The minimum atomic E-state index is -1.02. The Hall–Kier alpha value is -1.76. The van der Waals surface area contributed by atoms with Gasteiger partial charge in [0.1, 0.15) is 11.6 Å². The second-order valence-electron chi connectivity index (χ2n) is 2.79. The monoisotopic (exact) mass is 246 g/mol. The molecule has 0 spiro atoms. The number of nitrogens with one attached hydrogen (secondary N) is 1. The molecule has 0 aromatic heterocycles. The molecule has 0 bridgehead atoms. The quantitative estimate of drug-likeness (QED) is 0.610. The molecule has 0 atom stereocenters. The number of esters is 1. The van der Waals surface area contributed by atoms with Crippen LogP contribution in [-0.4, -0.2) is 18.2 Å². The van der Waals surface area contributed by atoms with Gasteiger partial charge in [0.15, 0.2) is 5.11 Å². The van der Waals surface area contributed by atoms with E-state index < -0.39 is 23.2 Å². The van der Waals surface area contributed by atoms with Gasteiger partial charge in [-0.3, -0.25) is 0 Å². The Labute approximate surface area is 95.4 Å². The highest BCUT2D eigenvalue weighted by molar-refractivity contribution is 7.80. The average Bonchev–Trinajstić information content (AvgIpc) is 2.20. The summed E-state index contributed by atoms with van der Waals surface area (Å²) in [6.45, 7) is 0. The lowest BCUT2D eigenvalue weighted by Crippen LogP contribution is -2.20. The number of benzene rings is 1. The minimum absolute atomic E-state index is 0.186. The summed E-state index contributed by atoms with van der Waals surface area (Å²) in [5.41, 5.74) is 4.55. The molecule has 0 aliphatic rings. The van der Waals surface area contributed by atoms with E-state index in [-0.39, 0.29) is 10.8 Å². The lowest BCUT2D eigenvalue weighted by molar-refractivity contribution is 0.0595. The van der Waals surface area contributed by atoms with Gasteiger partial charge in [-0.2, -0.15) is 0 Å². The number of halogens is 2.